The van der Waals surface area contributed by atoms with Gasteiger partial charge >= 0.3 is 0 Å². The molecule has 7 nitrogen and oxygen atoms in total. The molecule has 1 heterocycles. The van der Waals surface area contributed by atoms with E-state index < -0.39 is 4.92 Å². The van der Waals surface area contributed by atoms with E-state index in [1.165, 1.54) is 40.8 Å². The van der Waals surface area contributed by atoms with Crippen LogP contribution in [0.2, 0.25) is 0 Å². The number of nitro groups is 1. The van der Waals surface area contributed by atoms with Crippen LogP contribution in [-0.2, 0) is 4.79 Å². The number of fused-ring (bicyclic) bond motifs is 1. The molecular weight excluding hydrogens is 432 g/mol. The van der Waals surface area contributed by atoms with Gasteiger partial charge in [0.2, 0.25) is 5.91 Å². The van der Waals surface area contributed by atoms with Gasteiger partial charge in [-0.15, -0.1) is 11.8 Å². The first-order valence-electron chi connectivity index (χ1n) is 10.2. The smallest absolute Gasteiger partial charge is 0.270 e. The standard InChI is InChI=1S/C22H26N4O3S2/c1-4-24(5-2)12-13-25(21(27)15-30-18-9-6-16(3)7-10-18)22-23-19-11-8-17(26(28)29)14-20(19)31-22/h6-11,14H,4-5,12-13,15H2,1-3H3. The molecule has 164 valence electrons. The van der Waals surface area contributed by atoms with Crippen molar-refractivity contribution in [3.8, 4) is 0 Å². The molecule has 0 fully saturated rings. The normalized spacial score (nSPS) is 11.2. The second-order valence-corrected chi connectivity index (χ2v) is 9.14. The first-order chi connectivity index (χ1) is 14.9. The van der Waals surface area contributed by atoms with Crippen LogP contribution in [0, 0.1) is 17.0 Å². The topological polar surface area (TPSA) is 79.6 Å². The molecule has 1 aromatic heterocycles. The first kappa shape index (κ1) is 23.2. The molecule has 2 aromatic carbocycles. The van der Waals surface area contributed by atoms with Crippen molar-refractivity contribution in [2.45, 2.75) is 25.7 Å². The number of carbonyl (C=O) groups is 1. The van der Waals surface area contributed by atoms with Crippen molar-refractivity contribution < 1.29 is 9.72 Å². The molecule has 0 spiro atoms. The van der Waals surface area contributed by atoms with Crippen molar-refractivity contribution in [1.29, 1.82) is 0 Å². The maximum Gasteiger partial charge on any atom is 0.270 e. The average molecular weight is 459 g/mol. The summed E-state index contributed by atoms with van der Waals surface area (Å²) in [6.45, 7) is 9.30. The molecule has 3 aromatic rings. The summed E-state index contributed by atoms with van der Waals surface area (Å²) < 4.78 is 0.705. The summed E-state index contributed by atoms with van der Waals surface area (Å²) in [6, 6.07) is 12.7. The minimum Gasteiger partial charge on any atom is -0.302 e. The second-order valence-electron chi connectivity index (χ2n) is 7.08. The van der Waals surface area contributed by atoms with E-state index in [0.717, 1.165) is 24.5 Å². The summed E-state index contributed by atoms with van der Waals surface area (Å²) in [5.74, 6) is 0.281. The number of carbonyl (C=O) groups excluding carboxylic acids is 1. The molecule has 0 aliphatic heterocycles. The van der Waals surface area contributed by atoms with Gasteiger partial charge in [-0.2, -0.15) is 0 Å². The van der Waals surface area contributed by atoms with Gasteiger partial charge < -0.3 is 4.90 Å². The van der Waals surface area contributed by atoms with Crippen molar-refractivity contribution in [3.63, 3.8) is 0 Å². The minimum absolute atomic E-state index is 0.0220. The average Bonchev–Trinajstić information content (AvgIpc) is 3.19. The molecule has 0 atom stereocenters. The van der Waals surface area contributed by atoms with Gasteiger partial charge in [0.05, 0.1) is 20.9 Å². The Hall–Kier alpha value is -2.49. The lowest BCUT2D eigenvalue weighted by molar-refractivity contribution is -0.384. The molecule has 9 heteroatoms. The van der Waals surface area contributed by atoms with Gasteiger partial charge in [0.15, 0.2) is 5.13 Å². The van der Waals surface area contributed by atoms with Crippen molar-refractivity contribution in [1.82, 2.24) is 9.88 Å². The predicted octanol–water partition coefficient (Wildman–Crippen LogP) is 4.98. The van der Waals surface area contributed by atoms with Crippen molar-refractivity contribution in [2.75, 3.05) is 36.8 Å². The molecule has 0 N–H and O–H groups in total. The van der Waals surface area contributed by atoms with Crippen LogP contribution in [0.5, 0.6) is 0 Å². The third kappa shape index (κ3) is 6.03. The quantitative estimate of drug-likeness (QED) is 0.242. The van der Waals surface area contributed by atoms with Crippen LogP contribution < -0.4 is 4.90 Å². The number of nitro benzene ring substituents is 1. The maximum atomic E-state index is 13.2. The zero-order valence-electron chi connectivity index (χ0n) is 17.9. The fourth-order valence-corrected chi connectivity index (χ4v) is 4.91. The molecule has 0 bridgehead atoms. The van der Waals surface area contributed by atoms with Crippen LogP contribution in [0.4, 0.5) is 10.8 Å². The summed E-state index contributed by atoms with van der Waals surface area (Å²) in [7, 11) is 0. The van der Waals surface area contributed by atoms with Crippen LogP contribution in [0.3, 0.4) is 0 Å². The number of anilines is 1. The highest BCUT2D eigenvalue weighted by molar-refractivity contribution is 8.00. The number of aromatic nitrogens is 1. The zero-order chi connectivity index (χ0) is 22.4. The number of non-ortho nitro benzene ring substituents is 1. The van der Waals surface area contributed by atoms with Crippen LogP contribution in [0.1, 0.15) is 19.4 Å². The number of thiazole rings is 1. The fourth-order valence-electron chi connectivity index (χ4n) is 3.10. The highest BCUT2D eigenvalue weighted by Crippen LogP contribution is 2.32. The Morgan fingerprint density at radius 2 is 1.84 bits per heavy atom. The number of hydrogen-bond acceptors (Lipinski definition) is 7. The number of amides is 1. The van der Waals surface area contributed by atoms with Gasteiger partial charge in [0.25, 0.3) is 5.69 Å². The second kappa shape index (κ2) is 10.7. The van der Waals surface area contributed by atoms with Gasteiger partial charge in [0.1, 0.15) is 0 Å². The van der Waals surface area contributed by atoms with E-state index in [-0.39, 0.29) is 11.6 Å². The Labute approximate surface area is 190 Å². The molecule has 1 amide bonds. The van der Waals surface area contributed by atoms with E-state index in [1.807, 2.05) is 31.2 Å². The molecular formula is C22H26N4O3S2. The number of thioether (sulfide) groups is 1. The van der Waals surface area contributed by atoms with Gasteiger partial charge in [-0.3, -0.25) is 19.8 Å². The summed E-state index contributed by atoms with van der Waals surface area (Å²) in [5.41, 5.74) is 1.87. The Kier molecular flexibility index (Phi) is 8.00. The molecule has 0 aliphatic rings. The van der Waals surface area contributed by atoms with Crippen LogP contribution in [0.25, 0.3) is 10.2 Å². The van der Waals surface area contributed by atoms with E-state index in [0.29, 0.717) is 27.6 Å². The number of rotatable bonds is 10. The lowest BCUT2D eigenvalue weighted by Gasteiger charge is -2.24. The Morgan fingerprint density at radius 1 is 1.13 bits per heavy atom. The number of aryl methyl sites for hydroxylation is 1. The highest BCUT2D eigenvalue weighted by atomic mass is 32.2. The van der Waals surface area contributed by atoms with E-state index in [2.05, 4.69) is 23.7 Å². The molecule has 0 saturated carbocycles. The van der Waals surface area contributed by atoms with Gasteiger partial charge in [-0.25, -0.2) is 4.98 Å². The summed E-state index contributed by atoms with van der Waals surface area (Å²) >= 11 is 2.82. The lowest BCUT2D eigenvalue weighted by atomic mass is 10.2. The lowest BCUT2D eigenvalue weighted by Crippen LogP contribution is -2.39. The fraction of sp³-hybridized carbons (Fsp3) is 0.364. The largest absolute Gasteiger partial charge is 0.302 e. The Bertz CT molecular complexity index is 1050. The molecule has 0 saturated heterocycles. The predicted molar refractivity (Wildman–Crippen MR) is 128 cm³/mol. The van der Waals surface area contributed by atoms with Gasteiger partial charge in [0, 0.05) is 30.1 Å². The van der Waals surface area contributed by atoms with Crippen LogP contribution >= 0.6 is 23.1 Å². The van der Waals surface area contributed by atoms with Crippen molar-refractivity contribution >= 4 is 50.0 Å². The van der Waals surface area contributed by atoms with Gasteiger partial charge in [-0.1, -0.05) is 42.9 Å². The zero-order valence-corrected chi connectivity index (χ0v) is 19.5. The maximum absolute atomic E-state index is 13.2. The molecule has 31 heavy (non-hydrogen) atoms. The summed E-state index contributed by atoms with van der Waals surface area (Å²) in [6.07, 6.45) is 0. The molecule has 3 rings (SSSR count). The van der Waals surface area contributed by atoms with Crippen LogP contribution in [-0.4, -0.2) is 52.6 Å². The third-order valence-electron chi connectivity index (χ3n) is 5.02. The van der Waals surface area contributed by atoms with E-state index in [1.54, 1.807) is 11.0 Å². The Balaban J connectivity index is 1.82. The number of hydrogen-bond donors (Lipinski definition) is 0. The SMILES string of the molecule is CCN(CC)CCN(C(=O)CSc1ccc(C)cc1)c1nc2ccc([N+](=O)[O-])cc2s1. The van der Waals surface area contributed by atoms with E-state index >= 15 is 0 Å². The summed E-state index contributed by atoms with van der Waals surface area (Å²) in [4.78, 5) is 33.5. The van der Waals surface area contributed by atoms with E-state index in [9.17, 15) is 14.9 Å². The van der Waals surface area contributed by atoms with Crippen LogP contribution in [0.15, 0.2) is 47.4 Å². The van der Waals surface area contributed by atoms with Crippen molar-refractivity contribution in [3.05, 3.63) is 58.1 Å². The monoisotopic (exact) mass is 458 g/mol. The van der Waals surface area contributed by atoms with E-state index in [4.69, 9.17) is 0 Å². The third-order valence-corrected chi connectivity index (χ3v) is 7.06. The number of nitrogens with zero attached hydrogens (tertiary/aromatic N) is 4. The molecule has 0 aliphatic carbocycles. The Morgan fingerprint density at radius 3 is 2.48 bits per heavy atom. The first-order valence-corrected chi connectivity index (χ1v) is 12.0. The minimum atomic E-state index is -0.416. The highest BCUT2D eigenvalue weighted by Gasteiger charge is 2.21. The molecule has 0 unspecified atom stereocenters. The number of benzene rings is 2. The molecule has 0 radical (unpaired) electrons. The van der Waals surface area contributed by atoms with Gasteiger partial charge in [-0.05, 0) is 38.2 Å². The van der Waals surface area contributed by atoms with Crippen molar-refractivity contribution in [2.24, 2.45) is 0 Å². The summed E-state index contributed by atoms with van der Waals surface area (Å²) in [5, 5.41) is 11.7. The number of likely N-dealkylation sites (N-methyl/N-ethyl adjacent to an activating group) is 1.